The molecule has 0 unspecified atom stereocenters. The van der Waals surface area contributed by atoms with E-state index in [0.717, 1.165) is 19.5 Å². The lowest BCUT2D eigenvalue weighted by atomic mass is 10.3. The number of hydrogen-bond donors (Lipinski definition) is 3. The zero-order chi connectivity index (χ0) is 15.2. The van der Waals surface area contributed by atoms with Crippen molar-refractivity contribution in [3.8, 4) is 0 Å². The van der Waals surface area contributed by atoms with Crippen LogP contribution in [0.1, 0.15) is 6.42 Å². The van der Waals surface area contributed by atoms with E-state index in [0.29, 0.717) is 31.3 Å². The van der Waals surface area contributed by atoms with Crippen molar-refractivity contribution >= 4 is 17.3 Å². The van der Waals surface area contributed by atoms with Gasteiger partial charge in [-0.25, -0.2) is 10.8 Å². The maximum atomic E-state index is 11.2. The summed E-state index contributed by atoms with van der Waals surface area (Å²) in [5.74, 6) is 6.06. The Kier molecular flexibility index (Phi) is 5.26. The molecule has 0 saturated carbocycles. The summed E-state index contributed by atoms with van der Waals surface area (Å²) in [5, 5.41) is 20.2. The molecule has 0 aliphatic carbocycles. The second-order valence-electron chi connectivity index (χ2n) is 4.85. The van der Waals surface area contributed by atoms with E-state index in [-0.39, 0.29) is 12.3 Å². The van der Waals surface area contributed by atoms with Gasteiger partial charge in [-0.15, -0.1) is 0 Å². The Morgan fingerprint density at radius 1 is 1.38 bits per heavy atom. The van der Waals surface area contributed by atoms with Gasteiger partial charge in [-0.05, 0) is 19.0 Å². The van der Waals surface area contributed by atoms with E-state index in [4.69, 9.17) is 10.9 Å². The number of aromatic nitrogens is 1. The van der Waals surface area contributed by atoms with Crippen molar-refractivity contribution in [2.75, 3.05) is 49.7 Å². The fraction of sp³-hybridized carbons (Fsp3) is 0.583. The molecule has 9 nitrogen and oxygen atoms in total. The van der Waals surface area contributed by atoms with E-state index in [9.17, 15) is 10.1 Å². The van der Waals surface area contributed by atoms with Crippen LogP contribution in [0.5, 0.6) is 0 Å². The summed E-state index contributed by atoms with van der Waals surface area (Å²) in [6.07, 6.45) is 0.860. The van der Waals surface area contributed by atoms with Crippen molar-refractivity contribution in [3.63, 3.8) is 0 Å². The third-order valence-electron chi connectivity index (χ3n) is 3.50. The average molecular weight is 296 g/mol. The highest BCUT2D eigenvalue weighted by Gasteiger charge is 2.24. The average Bonchev–Trinajstić information content (AvgIpc) is 2.72. The molecule has 0 spiro atoms. The van der Waals surface area contributed by atoms with Crippen LogP contribution in [-0.4, -0.2) is 59.2 Å². The summed E-state index contributed by atoms with van der Waals surface area (Å²) in [7, 11) is 0. The number of aliphatic hydroxyl groups is 1. The molecular formula is C12H20N6O3. The summed E-state index contributed by atoms with van der Waals surface area (Å²) in [6.45, 7) is 3.64. The lowest BCUT2D eigenvalue weighted by Gasteiger charge is -2.22. The second-order valence-corrected chi connectivity index (χ2v) is 4.85. The lowest BCUT2D eigenvalue weighted by molar-refractivity contribution is -0.384. The molecular weight excluding hydrogens is 276 g/mol. The number of aliphatic hydroxyl groups excluding tert-OH is 1. The van der Waals surface area contributed by atoms with Gasteiger partial charge in [-0.1, -0.05) is 0 Å². The minimum absolute atomic E-state index is 0.0235. The molecule has 0 bridgehead atoms. The highest BCUT2D eigenvalue weighted by molar-refractivity contribution is 5.61. The fourth-order valence-corrected chi connectivity index (χ4v) is 2.44. The van der Waals surface area contributed by atoms with Gasteiger partial charge in [-0.2, -0.15) is 0 Å². The topological polar surface area (TPSA) is 121 Å². The summed E-state index contributed by atoms with van der Waals surface area (Å²) >= 11 is 0. The number of nitrogens with one attached hydrogen (secondary N) is 1. The molecule has 21 heavy (non-hydrogen) atoms. The Hall–Kier alpha value is -1.97. The van der Waals surface area contributed by atoms with Crippen LogP contribution in [0.4, 0.5) is 17.3 Å². The molecule has 1 aliphatic rings. The first kappa shape index (κ1) is 15.4. The van der Waals surface area contributed by atoms with E-state index < -0.39 is 4.92 Å². The molecule has 9 heteroatoms. The maximum Gasteiger partial charge on any atom is 0.311 e. The molecule has 1 fully saturated rings. The molecule has 2 heterocycles. The van der Waals surface area contributed by atoms with E-state index in [1.807, 2.05) is 4.90 Å². The first-order valence-electron chi connectivity index (χ1n) is 6.86. The minimum atomic E-state index is -0.432. The van der Waals surface area contributed by atoms with Crippen LogP contribution in [0.2, 0.25) is 0 Å². The van der Waals surface area contributed by atoms with Crippen LogP contribution >= 0.6 is 0 Å². The van der Waals surface area contributed by atoms with E-state index >= 15 is 0 Å². The van der Waals surface area contributed by atoms with Gasteiger partial charge in [0, 0.05) is 32.2 Å². The number of β-amino-alcohol motifs (C(OH)–C–C–N with tert-alkyl or cyclic N) is 1. The number of hydrogen-bond acceptors (Lipinski definition) is 8. The van der Waals surface area contributed by atoms with Gasteiger partial charge in [0.1, 0.15) is 5.82 Å². The number of rotatable bonds is 5. The third kappa shape index (κ3) is 3.78. The smallest absolute Gasteiger partial charge is 0.311 e. The normalized spacial score (nSPS) is 16.6. The molecule has 116 valence electrons. The van der Waals surface area contributed by atoms with Gasteiger partial charge in [-0.3, -0.25) is 15.0 Å². The number of pyridine rings is 1. The molecule has 0 amide bonds. The van der Waals surface area contributed by atoms with Crippen LogP contribution in [-0.2, 0) is 0 Å². The first-order chi connectivity index (χ1) is 10.2. The van der Waals surface area contributed by atoms with Crippen LogP contribution in [0.15, 0.2) is 12.1 Å². The Morgan fingerprint density at radius 3 is 2.86 bits per heavy atom. The summed E-state index contributed by atoms with van der Waals surface area (Å²) in [6, 6.07) is 2.89. The third-order valence-corrected chi connectivity index (χ3v) is 3.50. The van der Waals surface area contributed by atoms with Gasteiger partial charge >= 0.3 is 5.69 Å². The van der Waals surface area contributed by atoms with Crippen LogP contribution in [0.25, 0.3) is 0 Å². The summed E-state index contributed by atoms with van der Waals surface area (Å²) in [5.41, 5.74) is 2.39. The Morgan fingerprint density at radius 2 is 2.19 bits per heavy atom. The highest BCUT2D eigenvalue weighted by atomic mass is 16.6. The van der Waals surface area contributed by atoms with Crippen LogP contribution in [0.3, 0.4) is 0 Å². The first-order valence-corrected chi connectivity index (χ1v) is 6.86. The van der Waals surface area contributed by atoms with Gasteiger partial charge < -0.3 is 15.4 Å². The van der Waals surface area contributed by atoms with Crippen molar-refractivity contribution in [1.82, 2.24) is 9.88 Å². The molecule has 2 rings (SSSR count). The van der Waals surface area contributed by atoms with E-state index in [2.05, 4.69) is 15.3 Å². The predicted octanol–water partition coefficient (Wildman–Crippen LogP) is -0.220. The Bertz CT molecular complexity index is 498. The number of nitrogens with zero attached hydrogens (tertiary/aromatic N) is 4. The molecule has 1 aromatic heterocycles. The van der Waals surface area contributed by atoms with Crippen molar-refractivity contribution in [1.29, 1.82) is 0 Å². The molecule has 1 aromatic rings. The molecule has 0 atom stereocenters. The molecule has 4 N–H and O–H groups in total. The number of nitrogen functional groups attached to an aromatic ring is 1. The van der Waals surface area contributed by atoms with Crippen molar-refractivity contribution in [2.45, 2.75) is 6.42 Å². The zero-order valence-electron chi connectivity index (χ0n) is 11.7. The quantitative estimate of drug-likeness (QED) is 0.387. The number of hydrazine groups is 1. The number of nitrogens with two attached hydrogens (primary N) is 1. The maximum absolute atomic E-state index is 11.2. The van der Waals surface area contributed by atoms with Crippen molar-refractivity contribution in [3.05, 3.63) is 22.2 Å². The van der Waals surface area contributed by atoms with Gasteiger partial charge in [0.2, 0.25) is 5.82 Å². The van der Waals surface area contributed by atoms with Crippen LogP contribution in [0, 0.1) is 10.1 Å². The molecule has 0 aromatic carbocycles. The fourth-order valence-electron chi connectivity index (χ4n) is 2.44. The number of anilines is 2. The van der Waals surface area contributed by atoms with E-state index in [1.54, 1.807) is 0 Å². The highest BCUT2D eigenvalue weighted by Crippen LogP contribution is 2.28. The Balaban J connectivity index is 2.21. The molecule has 0 radical (unpaired) electrons. The Labute approximate surface area is 122 Å². The summed E-state index contributed by atoms with van der Waals surface area (Å²) in [4.78, 5) is 19.0. The molecule has 1 saturated heterocycles. The minimum Gasteiger partial charge on any atom is -0.395 e. The summed E-state index contributed by atoms with van der Waals surface area (Å²) < 4.78 is 0. The monoisotopic (exact) mass is 296 g/mol. The van der Waals surface area contributed by atoms with Crippen molar-refractivity contribution in [2.24, 2.45) is 5.84 Å². The SMILES string of the molecule is NNc1ccc([N+](=O)[O-])c(N2CCCN(CCO)CC2)n1. The molecule has 1 aliphatic heterocycles. The van der Waals surface area contributed by atoms with Gasteiger partial charge in [0.25, 0.3) is 0 Å². The van der Waals surface area contributed by atoms with E-state index in [1.165, 1.54) is 12.1 Å². The predicted molar refractivity (Wildman–Crippen MR) is 79.1 cm³/mol. The number of nitro groups is 1. The van der Waals surface area contributed by atoms with Crippen molar-refractivity contribution < 1.29 is 10.0 Å². The van der Waals surface area contributed by atoms with Gasteiger partial charge in [0.15, 0.2) is 0 Å². The second kappa shape index (κ2) is 7.16. The lowest BCUT2D eigenvalue weighted by Crippen LogP contribution is -2.33. The van der Waals surface area contributed by atoms with Gasteiger partial charge in [0.05, 0.1) is 11.5 Å². The largest absolute Gasteiger partial charge is 0.395 e. The van der Waals surface area contributed by atoms with Crippen LogP contribution < -0.4 is 16.2 Å². The zero-order valence-corrected chi connectivity index (χ0v) is 11.7. The standard InChI is InChI=1S/C12H20N6O3/c13-15-11-3-2-10(18(20)21)12(14-11)17-5-1-4-16(6-7-17)8-9-19/h2-3,19H,1,4-9,13H2,(H,14,15).